The molecule has 0 aliphatic carbocycles. The molecule has 0 bridgehead atoms. The number of piperidine rings is 1. The molecular weight excluding hydrogens is 307 g/mol. The fourth-order valence-corrected chi connectivity index (χ4v) is 3.21. The van der Waals surface area contributed by atoms with Crippen molar-refractivity contribution >= 4 is 11.6 Å². The summed E-state index contributed by atoms with van der Waals surface area (Å²) in [5.74, 6) is -0.548. The van der Waals surface area contributed by atoms with Crippen molar-refractivity contribution in [3.63, 3.8) is 0 Å². The molecule has 1 saturated heterocycles. The van der Waals surface area contributed by atoms with Crippen LogP contribution in [0.4, 0.5) is 4.39 Å². The molecule has 0 saturated carbocycles. The van der Waals surface area contributed by atoms with Crippen molar-refractivity contribution in [1.82, 2.24) is 10.3 Å². The van der Waals surface area contributed by atoms with E-state index in [1.807, 2.05) is 0 Å². The number of rotatable bonds is 5. The summed E-state index contributed by atoms with van der Waals surface area (Å²) in [7, 11) is 0. The number of ketones is 2. The van der Waals surface area contributed by atoms with Crippen LogP contribution in [0.2, 0.25) is 0 Å². The first-order chi connectivity index (χ1) is 11.6. The molecule has 0 unspecified atom stereocenters. The number of Topliss-reactive ketones (excluding diaryl/α,β-unsaturated/α-hetero) is 1. The van der Waals surface area contributed by atoms with Gasteiger partial charge in [-0.1, -0.05) is 12.1 Å². The van der Waals surface area contributed by atoms with Crippen molar-refractivity contribution in [2.45, 2.75) is 26.2 Å². The molecule has 24 heavy (non-hydrogen) atoms. The number of aromatic nitrogens is 1. The number of halogens is 1. The fourth-order valence-electron chi connectivity index (χ4n) is 3.21. The zero-order chi connectivity index (χ0) is 17.1. The van der Waals surface area contributed by atoms with Crippen LogP contribution in [-0.4, -0.2) is 29.6 Å². The quantitative estimate of drug-likeness (QED) is 0.828. The predicted molar refractivity (Wildman–Crippen MR) is 89.9 cm³/mol. The van der Waals surface area contributed by atoms with Gasteiger partial charge >= 0.3 is 0 Å². The van der Waals surface area contributed by atoms with Gasteiger partial charge in [-0.3, -0.25) is 9.59 Å². The highest BCUT2D eigenvalue weighted by atomic mass is 19.1. The average molecular weight is 328 g/mol. The van der Waals surface area contributed by atoms with Gasteiger partial charge in [0.2, 0.25) is 0 Å². The topological polar surface area (TPSA) is 62.0 Å². The van der Waals surface area contributed by atoms with E-state index in [4.69, 9.17) is 0 Å². The smallest absolute Gasteiger partial charge is 0.197 e. The third-order valence-electron chi connectivity index (χ3n) is 4.63. The van der Waals surface area contributed by atoms with E-state index in [0.717, 1.165) is 25.9 Å². The number of benzene rings is 1. The molecule has 2 N–H and O–H groups in total. The number of aryl methyl sites for hydroxylation is 1. The summed E-state index contributed by atoms with van der Waals surface area (Å²) in [5.41, 5.74) is 1.39. The minimum absolute atomic E-state index is 0.00575. The summed E-state index contributed by atoms with van der Waals surface area (Å²) in [6, 6.07) is 6.09. The second-order valence-corrected chi connectivity index (χ2v) is 6.38. The number of carbonyl (C=O) groups excluding carboxylic acids is 2. The first kappa shape index (κ1) is 16.6. The number of aromatic amines is 1. The van der Waals surface area contributed by atoms with Crippen molar-refractivity contribution in [3.05, 3.63) is 58.7 Å². The molecule has 2 aromatic rings. The van der Waals surface area contributed by atoms with Crippen molar-refractivity contribution in [2.75, 3.05) is 13.1 Å². The molecule has 0 atom stereocenters. The standard InChI is InChI=1S/C19H21FN2O2/c1-12-3-2-4-15(20)18(12)19(24)14-10-16(22-11-14)17(23)9-13-5-7-21-8-6-13/h2-4,10-11,13,21-22H,5-9H2,1H3. The minimum atomic E-state index is -0.538. The SMILES string of the molecule is Cc1cccc(F)c1C(=O)c1c[nH]c(C(=O)CC2CCNCC2)c1. The van der Waals surface area contributed by atoms with Crippen molar-refractivity contribution in [3.8, 4) is 0 Å². The van der Waals surface area contributed by atoms with Crippen LogP contribution in [0.15, 0.2) is 30.5 Å². The van der Waals surface area contributed by atoms with Crippen LogP contribution < -0.4 is 5.32 Å². The molecule has 2 heterocycles. The fraction of sp³-hybridized carbons (Fsp3) is 0.368. The zero-order valence-electron chi connectivity index (χ0n) is 13.7. The van der Waals surface area contributed by atoms with E-state index in [9.17, 15) is 14.0 Å². The van der Waals surface area contributed by atoms with Crippen molar-refractivity contribution < 1.29 is 14.0 Å². The van der Waals surface area contributed by atoms with E-state index in [0.29, 0.717) is 29.2 Å². The average Bonchev–Trinajstić information content (AvgIpc) is 3.05. The van der Waals surface area contributed by atoms with Gasteiger partial charge in [0, 0.05) is 18.2 Å². The van der Waals surface area contributed by atoms with Crippen LogP contribution in [0.25, 0.3) is 0 Å². The lowest BCUT2D eigenvalue weighted by atomic mass is 9.92. The van der Waals surface area contributed by atoms with E-state index >= 15 is 0 Å². The molecular formula is C19H21FN2O2. The summed E-state index contributed by atoms with van der Waals surface area (Å²) in [4.78, 5) is 27.8. The Hall–Kier alpha value is -2.27. The van der Waals surface area contributed by atoms with Gasteiger partial charge in [0.25, 0.3) is 0 Å². The predicted octanol–water partition coefficient (Wildman–Crippen LogP) is 3.27. The van der Waals surface area contributed by atoms with Gasteiger partial charge in [0.1, 0.15) is 5.82 Å². The molecule has 5 heteroatoms. The first-order valence-corrected chi connectivity index (χ1v) is 8.28. The maximum Gasteiger partial charge on any atom is 0.197 e. The maximum atomic E-state index is 14.0. The van der Waals surface area contributed by atoms with Crippen LogP contribution in [0.3, 0.4) is 0 Å². The number of H-pyrrole nitrogens is 1. The van der Waals surface area contributed by atoms with Crippen molar-refractivity contribution in [2.24, 2.45) is 5.92 Å². The van der Waals surface area contributed by atoms with Gasteiger partial charge < -0.3 is 10.3 Å². The molecule has 1 aliphatic rings. The van der Waals surface area contributed by atoms with E-state index in [-0.39, 0.29) is 11.3 Å². The van der Waals surface area contributed by atoms with Gasteiger partial charge in [0.05, 0.1) is 11.3 Å². The third-order valence-corrected chi connectivity index (χ3v) is 4.63. The Labute approximate surface area is 140 Å². The molecule has 1 aromatic carbocycles. The second-order valence-electron chi connectivity index (χ2n) is 6.38. The lowest BCUT2D eigenvalue weighted by molar-refractivity contribution is 0.0948. The zero-order valence-corrected chi connectivity index (χ0v) is 13.7. The first-order valence-electron chi connectivity index (χ1n) is 8.28. The number of hydrogen-bond donors (Lipinski definition) is 2. The second kappa shape index (κ2) is 7.09. The molecule has 4 nitrogen and oxygen atoms in total. The molecule has 126 valence electrons. The molecule has 1 aliphatic heterocycles. The molecule has 0 spiro atoms. The summed E-state index contributed by atoms with van der Waals surface area (Å²) >= 11 is 0. The summed E-state index contributed by atoms with van der Waals surface area (Å²) in [5, 5.41) is 3.28. The Kier molecular flexibility index (Phi) is 4.90. The van der Waals surface area contributed by atoms with Crippen LogP contribution >= 0.6 is 0 Å². The molecule has 1 fully saturated rings. The third kappa shape index (κ3) is 3.46. The van der Waals surface area contributed by atoms with Gasteiger partial charge in [0.15, 0.2) is 11.6 Å². The Balaban J connectivity index is 1.75. The van der Waals surface area contributed by atoms with E-state index in [1.54, 1.807) is 19.1 Å². The number of nitrogens with one attached hydrogen (secondary N) is 2. The highest BCUT2D eigenvalue weighted by molar-refractivity contribution is 6.11. The van der Waals surface area contributed by atoms with Crippen molar-refractivity contribution in [1.29, 1.82) is 0 Å². The minimum Gasteiger partial charge on any atom is -0.358 e. The molecule has 1 aromatic heterocycles. The van der Waals surface area contributed by atoms with Gasteiger partial charge in [-0.05, 0) is 56.5 Å². The molecule has 0 radical (unpaired) electrons. The summed E-state index contributed by atoms with van der Waals surface area (Å²) in [6.07, 6.45) is 3.96. The lowest BCUT2D eigenvalue weighted by Gasteiger charge is -2.21. The Morgan fingerprint density at radius 1 is 1.25 bits per heavy atom. The Bertz CT molecular complexity index is 740. The lowest BCUT2D eigenvalue weighted by Crippen LogP contribution is -2.28. The highest BCUT2D eigenvalue weighted by Crippen LogP contribution is 2.21. The summed E-state index contributed by atoms with van der Waals surface area (Å²) in [6.45, 7) is 3.59. The van der Waals surface area contributed by atoms with Crippen LogP contribution in [-0.2, 0) is 0 Å². The monoisotopic (exact) mass is 328 g/mol. The maximum absolute atomic E-state index is 14.0. The van der Waals surface area contributed by atoms with Crippen LogP contribution in [0.1, 0.15) is 51.2 Å². The van der Waals surface area contributed by atoms with E-state index < -0.39 is 11.6 Å². The molecule has 3 rings (SSSR count). The van der Waals surface area contributed by atoms with Crippen LogP contribution in [0.5, 0.6) is 0 Å². The largest absolute Gasteiger partial charge is 0.358 e. The number of carbonyl (C=O) groups is 2. The number of hydrogen-bond acceptors (Lipinski definition) is 3. The van der Waals surface area contributed by atoms with Gasteiger partial charge in [-0.2, -0.15) is 0 Å². The van der Waals surface area contributed by atoms with Gasteiger partial charge in [-0.25, -0.2) is 4.39 Å². The van der Waals surface area contributed by atoms with E-state index in [1.165, 1.54) is 18.3 Å². The normalized spacial score (nSPS) is 15.4. The Morgan fingerprint density at radius 3 is 2.71 bits per heavy atom. The summed E-state index contributed by atoms with van der Waals surface area (Å²) < 4.78 is 14.0. The van der Waals surface area contributed by atoms with Crippen LogP contribution in [0, 0.1) is 18.7 Å². The Morgan fingerprint density at radius 2 is 2.00 bits per heavy atom. The highest BCUT2D eigenvalue weighted by Gasteiger charge is 2.21. The molecule has 0 amide bonds. The van der Waals surface area contributed by atoms with Gasteiger partial charge in [-0.15, -0.1) is 0 Å². The van der Waals surface area contributed by atoms with E-state index in [2.05, 4.69) is 10.3 Å².